The predicted octanol–water partition coefficient (Wildman–Crippen LogP) is 5.24. The molecule has 3 N–H and O–H groups in total. The molecule has 2 aromatic heterocycles. The molecule has 166 valence electrons. The lowest BCUT2D eigenvalue weighted by Crippen LogP contribution is -2.36. The quantitative estimate of drug-likeness (QED) is 0.352. The molecule has 0 unspecified atom stereocenters. The van der Waals surface area contributed by atoms with Crippen LogP contribution in [0.2, 0.25) is 0 Å². The fourth-order valence-electron chi connectivity index (χ4n) is 3.74. The molecule has 0 fully saturated rings. The molecule has 0 saturated heterocycles. The molecule has 0 saturated carbocycles. The van der Waals surface area contributed by atoms with Crippen LogP contribution >= 0.6 is 0 Å². The number of hydrogen-bond acceptors (Lipinski definition) is 5. The molecule has 0 spiro atoms. The predicted molar refractivity (Wildman–Crippen MR) is 127 cm³/mol. The minimum Gasteiger partial charge on any atom is -0.491 e. The number of aromatic amines is 1. The Labute approximate surface area is 188 Å². The molecule has 3 heterocycles. The van der Waals surface area contributed by atoms with Gasteiger partial charge in [0.2, 0.25) is 0 Å². The molecule has 1 aromatic carbocycles. The number of para-hydroxylation sites is 1. The van der Waals surface area contributed by atoms with Gasteiger partial charge in [0.1, 0.15) is 5.75 Å². The van der Waals surface area contributed by atoms with Crippen LogP contribution in [-0.2, 0) is 6.42 Å². The summed E-state index contributed by atoms with van der Waals surface area (Å²) in [5, 5.41) is 11.0. The zero-order chi connectivity index (χ0) is 22.7. The Morgan fingerprint density at radius 1 is 1.25 bits per heavy atom. The number of fused-ring (bicyclic) bond motifs is 1. The number of hydrogen-bond donors (Lipinski definition) is 3. The Morgan fingerprint density at radius 2 is 2.03 bits per heavy atom. The first-order valence-corrected chi connectivity index (χ1v) is 10.8. The van der Waals surface area contributed by atoms with Gasteiger partial charge in [-0.2, -0.15) is 0 Å². The van der Waals surface area contributed by atoms with E-state index in [0.717, 1.165) is 35.4 Å². The number of ether oxygens (including phenoxy) is 1. The first kappa shape index (κ1) is 21.6. The Kier molecular flexibility index (Phi) is 5.99. The minimum absolute atomic E-state index is 0.163. The second-order valence-electron chi connectivity index (χ2n) is 9.13. The molecule has 1 amide bonds. The van der Waals surface area contributed by atoms with Crippen molar-refractivity contribution in [2.24, 2.45) is 5.41 Å². The number of nitrogens with zero attached hydrogens (tertiary/aromatic N) is 2. The van der Waals surface area contributed by atoms with E-state index in [1.54, 1.807) is 12.4 Å². The van der Waals surface area contributed by atoms with Gasteiger partial charge in [-0.05, 0) is 30.0 Å². The number of rotatable bonds is 7. The van der Waals surface area contributed by atoms with Gasteiger partial charge in [0.15, 0.2) is 0 Å². The van der Waals surface area contributed by atoms with Crippen LogP contribution in [-0.4, -0.2) is 40.3 Å². The normalized spacial score (nSPS) is 13.6. The van der Waals surface area contributed by atoms with Crippen molar-refractivity contribution in [2.45, 2.75) is 33.6 Å². The van der Waals surface area contributed by atoms with Crippen molar-refractivity contribution < 1.29 is 9.53 Å². The van der Waals surface area contributed by atoms with Gasteiger partial charge in [-0.3, -0.25) is 20.1 Å². The summed E-state index contributed by atoms with van der Waals surface area (Å²) in [6.07, 6.45) is 6.09. The third kappa shape index (κ3) is 4.51. The van der Waals surface area contributed by atoms with Gasteiger partial charge in [-0.1, -0.05) is 39.0 Å². The van der Waals surface area contributed by atoms with Gasteiger partial charge in [-0.25, -0.2) is 0 Å². The van der Waals surface area contributed by atoms with Crippen molar-refractivity contribution in [3.63, 3.8) is 0 Å². The van der Waals surface area contributed by atoms with E-state index in [9.17, 15) is 4.79 Å². The number of pyridine rings is 1. The number of aromatic nitrogens is 2. The van der Waals surface area contributed by atoms with E-state index < -0.39 is 0 Å². The van der Waals surface area contributed by atoms with Gasteiger partial charge in [-0.15, -0.1) is 0 Å². The molecular formula is C25H29N5O2. The fourth-order valence-corrected chi connectivity index (χ4v) is 3.74. The number of nitrogens with one attached hydrogen (secondary N) is 3. The molecule has 3 aromatic rings. The highest BCUT2D eigenvalue weighted by Gasteiger charge is 2.31. The highest BCUT2D eigenvalue weighted by molar-refractivity contribution is 6.09. The number of carbonyl (C=O) groups is 1. The summed E-state index contributed by atoms with van der Waals surface area (Å²) in [7, 11) is 0. The van der Waals surface area contributed by atoms with Crippen molar-refractivity contribution in [1.82, 2.24) is 14.9 Å². The van der Waals surface area contributed by atoms with Crippen LogP contribution in [0.15, 0.2) is 48.8 Å². The largest absolute Gasteiger partial charge is 0.491 e. The summed E-state index contributed by atoms with van der Waals surface area (Å²) >= 11 is 0. The molecule has 0 atom stereocenters. The zero-order valence-electron chi connectivity index (χ0n) is 18.7. The number of H-pyrrole nitrogens is 1. The fraction of sp³-hybridized carbons (Fsp3) is 0.320. The van der Waals surface area contributed by atoms with Crippen molar-refractivity contribution in [2.75, 3.05) is 18.5 Å². The number of benzene rings is 1. The van der Waals surface area contributed by atoms with Crippen LogP contribution < -0.4 is 10.1 Å². The maximum Gasteiger partial charge on any atom is 0.262 e. The van der Waals surface area contributed by atoms with Crippen LogP contribution in [0.1, 0.15) is 43.2 Å². The molecule has 0 aliphatic carbocycles. The average molecular weight is 432 g/mol. The van der Waals surface area contributed by atoms with Crippen LogP contribution in [0.5, 0.6) is 5.75 Å². The lowest BCUT2D eigenvalue weighted by atomic mass is 9.93. The van der Waals surface area contributed by atoms with Crippen molar-refractivity contribution in [1.29, 1.82) is 5.41 Å². The second-order valence-corrected chi connectivity index (χ2v) is 9.13. The van der Waals surface area contributed by atoms with E-state index in [1.165, 1.54) is 4.90 Å². The smallest absolute Gasteiger partial charge is 0.262 e. The maximum atomic E-state index is 13.1. The SMILES string of the molecule is CC(C)(C)CCOc1cnccc1-c1[nH]c2c(c1Nc1ccccc1)C(=O)N(C=N)CC2. The lowest BCUT2D eigenvalue weighted by Gasteiger charge is -2.23. The maximum absolute atomic E-state index is 13.1. The Hall–Kier alpha value is -3.61. The summed E-state index contributed by atoms with van der Waals surface area (Å²) in [6, 6.07) is 11.7. The number of amides is 1. The third-order valence-corrected chi connectivity index (χ3v) is 5.52. The van der Waals surface area contributed by atoms with Gasteiger partial charge in [0, 0.05) is 36.1 Å². The molecule has 1 aliphatic rings. The first-order valence-electron chi connectivity index (χ1n) is 10.8. The minimum atomic E-state index is -0.188. The van der Waals surface area contributed by atoms with E-state index in [-0.39, 0.29) is 11.3 Å². The molecule has 7 heteroatoms. The van der Waals surface area contributed by atoms with Crippen molar-refractivity contribution in [3.8, 4) is 17.0 Å². The van der Waals surface area contributed by atoms with Crippen molar-refractivity contribution >= 4 is 23.6 Å². The summed E-state index contributed by atoms with van der Waals surface area (Å²) in [5.74, 6) is 0.481. The zero-order valence-corrected chi connectivity index (χ0v) is 18.7. The Morgan fingerprint density at radius 3 is 2.75 bits per heavy atom. The van der Waals surface area contributed by atoms with E-state index in [0.29, 0.717) is 36.6 Å². The molecule has 0 bridgehead atoms. The number of carbonyl (C=O) groups excluding carboxylic acids is 1. The number of anilines is 2. The van der Waals surface area contributed by atoms with E-state index in [4.69, 9.17) is 10.1 Å². The van der Waals surface area contributed by atoms with Gasteiger partial charge in [0.05, 0.1) is 36.1 Å². The summed E-state index contributed by atoms with van der Waals surface area (Å²) < 4.78 is 6.13. The Balaban J connectivity index is 1.78. The molecule has 0 radical (unpaired) electrons. The van der Waals surface area contributed by atoms with E-state index >= 15 is 0 Å². The standard InChI is InChI=1S/C25H29N5O2/c1-25(2,3)11-14-32-20-15-27-12-9-18(20)22-23(28-17-7-5-4-6-8-17)21-19(29-22)10-13-30(16-26)24(21)31/h4-9,12,15-16,26,28-29H,10-11,13-14H2,1-3H3. The second kappa shape index (κ2) is 8.86. The summed E-state index contributed by atoms with van der Waals surface area (Å²) in [6.45, 7) is 7.60. The lowest BCUT2D eigenvalue weighted by molar-refractivity contribution is 0.0840. The Bertz CT molecular complexity index is 1120. The summed E-state index contributed by atoms with van der Waals surface area (Å²) in [4.78, 5) is 22.3. The average Bonchev–Trinajstić information content (AvgIpc) is 3.13. The van der Waals surface area contributed by atoms with Crippen LogP contribution in [0.4, 0.5) is 11.4 Å². The van der Waals surface area contributed by atoms with Crippen LogP contribution in [0, 0.1) is 10.8 Å². The topological polar surface area (TPSA) is 94.1 Å². The van der Waals surface area contributed by atoms with Crippen LogP contribution in [0.25, 0.3) is 11.3 Å². The molecule has 1 aliphatic heterocycles. The van der Waals surface area contributed by atoms with Gasteiger partial charge in [0.25, 0.3) is 5.91 Å². The first-order chi connectivity index (χ1) is 15.4. The van der Waals surface area contributed by atoms with E-state index in [2.05, 4.69) is 36.1 Å². The summed E-state index contributed by atoms with van der Waals surface area (Å²) in [5.41, 5.74) is 4.78. The molecule has 4 rings (SSSR count). The molecule has 32 heavy (non-hydrogen) atoms. The highest BCUT2D eigenvalue weighted by atomic mass is 16.5. The van der Waals surface area contributed by atoms with Crippen molar-refractivity contribution in [3.05, 3.63) is 60.0 Å². The monoisotopic (exact) mass is 431 g/mol. The highest BCUT2D eigenvalue weighted by Crippen LogP contribution is 2.41. The van der Waals surface area contributed by atoms with Crippen LogP contribution in [0.3, 0.4) is 0 Å². The van der Waals surface area contributed by atoms with Gasteiger partial charge < -0.3 is 15.0 Å². The molecular weight excluding hydrogens is 402 g/mol. The van der Waals surface area contributed by atoms with Gasteiger partial charge >= 0.3 is 0 Å². The molecule has 7 nitrogen and oxygen atoms in total. The third-order valence-electron chi connectivity index (χ3n) is 5.52. The van der Waals surface area contributed by atoms with E-state index in [1.807, 2.05) is 36.4 Å².